The number of pyridine rings is 1. The molecule has 2 aromatic heterocycles. The zero-order valence-corrected chi connectivity index (χ0v) is 12.9. The fourth-order valence-corrected chi connectivity index (χ4v) is 2.67. The summed E-state index contributed by atoms with van der Waals surface area (Å²) in [4.78, 5) is 18.1. The second-order valence-corrected chi connectivity index (χ2v) is 5.56. The minimum Gasteiger partial charge on any atom is -0.490 e. The van der Waals surface area contributed by atoms with Gasteiger partial charge in [0, 0.05) is 51.3 Å². The molecular weight excluding hydrogens is 296 g/mol. The second-order valence-electron chi connectivity index (χ2n) is 5.56. The summed E-state index contributed by atoms with van der Waals surface area (Å²) in [5.41, 5.74) is 0. The standard InChI is InChI=1S/C15H20N6O2/c22-15(2-1-9-21-12-17-18-19-21)20-10-5-14(6-11-20)23-13-3-7-16-8-4-13/h3-4,7-8,12,14H,1-2,5-6,9-11H2. The summed E-state index contributed by atoms with van der Waals surface area (Å²) in [6.45, 7) is 2.17. The minimum atomic E-state index is 0.169. The quantitative estimate of drug-likeness (QED) is 0.787. The lowest BCUT2D eigenvalue weighted by Gasteiger charge is -2.32. The first kappa shape index (κ1) is 15.4. The number of hydrogen-bond donors (Lipinski definition) is 0. The molecule has 0 saturated carbocycles. The largest absolute Gasteiger partial charge is 0.490 e. The molecule has 8 heteroatoms. The van der Waals surface area contributed by atoms with Gasteiger partial charge in [-0.3, -0.25) is 9.78 Å². The molecule has 1 aliphatic heterocycles. The summed E-state index contributed by atoms with van der Waals surface area (Å²) in [7, 11) is 0. The minimum absolute atomic E-state index is 0.169. The predicted octanol–water partition coefficient (Wildman–Crippen LogP) is 0.918. The number of amides is 1. The number of aromatic nitrogens is 5. The number of aryl methyl sites for hydroxylation is 1. The molecule has 0 radical (unpaired) electrons. The average molecular weight is 316 g/mol. The molecule has 8 nitrogen and oxygen atoms in total. The Bertz CT molecular complexity index is 596. The summed E-state index contributed by atoms with van der Waals surface area (Å²) in [6.07, 6.45) is 8.17. The topological polar surface area (TPSA) is 86.0 Å². The molecule has 0 spiro atoms. The molecule has 1 amide bonds. The fourth-order valence-electron chi connectivity index (χ4n) is 2.67. The van der Waals surface area contributed by atoms with Crippen LogP contribution in [0.5, 0.6) is 5.75 Å². The molecule has 0 N–H and O–H groups in total. The molecule has 122 valence electrons. The van der Waals surface area contributed by atoms with Gasteiger partial charge in [-0.05, 0) is 29.0 Å². The van der Waals surface area contributed by atoms with Gasteiger partial charge in [0.25, 0.3) is 0 Å². The lowest BCUT2D eigenvalue weighted by molar-refractivity contribution is -0.133. The van der Waals surface area contributed by atoms with Gasteiger partial charge in [0.15, 0.2) is 0 Å². The molecule has 23 heavy (non-hydrogen) atoms. The van der Waals surface area contributed by atoms with Crippen molar-refractivity contribution in [3.8, 4) is 5.75 Å². The summed E-state index contributed by atoms with van der Waals surface area (Å²) in [6, 6.07) is 3.72. The van der Waals surface area contributed by atoms with E-state index in [1.165, 1.54) is 0 Å². The van der Waals surface area contributed by atoms with Gasteiger partial charge < -0.3 is 9.64 Å². The van der Waals surface area contributed by atoms with E-state index >= 15 is 0 Å². The monoisotopic (exact) mass is 316 g/mol. The number of piperidine rings is 1. The number of ether oxygens (including phenoxy) is 1. The first-order chi connectivity index (χ1) is 11.3. The van der Waals surface area contributed by atoms with Crippen molar-refractivity contribution in [1.29, 1.82) is 0 Å². The van der Waals surface area contributed by atoms with E-state index in [9.17, 15) is 4.79 Å². The smallest absolute Gasteiger partial charge is 0.222 e. The Morgan fingerprint density at radius 1 is 1.26 bits per heavy atom. The van der Waals surface area contributed by atoms with Crippen molar-refractivity contribution in [2.75, 3.05) is 13.1 Å². The summed E-state index contributed by atoms with van der Waals surface area (Å²) >= 11 is 0. The van der Waals surface area contributed by atoms with Gasteiger partial charge in [-0.15, -0.1) is 5.10 Å². The molecule has 1 fully saturated rings. The van der Waals surface area contributed by atoms with Gasteiger partial charge in [0.2, 0.25) is 5.91 Å². The lowest BCUT2D eigenvalue weighted by Crippen LogP contribution is -2.41. The van der Waals surface area contributed by atoms with E-state index in [-0.39, 0.29) is 12.0 Å². The van der Waals surface area contributed by atoms with Gasteiger partial charge in [-0.2, -0.15) is 0 Å². The van der Waals surface area contributed by atoms with E-state index in [0.717, 1.165) is 38.1 Å². The molecule has 0 bridgehead atoms. The number of carbonyl (C=O) groups excluding carboxylic acids is 1. The van der Waals surface area contributed by atoms with Crippen LogP contribution < -0.4 is 4.74 Å². The second kappa shape index (κ2) is 7.66. The van der Waals surface area contributed by atoms with E-state index in [1.807, 2.05) is 17.0 Å². The number of likely N-dealkylation sites (tertiary alicyclic amines) is 1. The molecule has 2 aromatic rings. The molecule has 3 rings (SSSR count). The van der Waals surface area contributed by atoms with Crippen LogP contribution >= 0.6 is 0 Å². The zero-order valence-electron chi connectivity index (χ0n) is 12.9. The average Bonchev–Trinajstić information content (AvgIpc) is 3.10. The van der Waals surface area contributed by atoms with Gasteiger partial charge in [0.05, 0.1) is 0 Å². The van der Waals surface area contributed by atoms with Crippen molar-refractivity contribution in [2.45, 2.75) is 38.3 Å². The summed E-state index contributed by atoms with van der Waals surface area (Å²) in [5.74, 6) is 1.03. The maximum absolute atomic E-state index is 12.2. The molecule has 0 atom stereocenters. The molecule has 0 aromatic carbocycles. The Morgan fingerprint density at radius 2 is 2.04 bits per heavy atom. The number of rotatable bonds is 6. The first-order valence-corrected chi connectivity index (χ1v) is 7.86. The van der Waals surface area contributed by atoms with Crippen molar-refractivity contribution in [3.05, 3.63) is 30.9 Å². The highest BCUT2D eigenvalue weighted by molar-refractivity contribution is 5.76. The van der Waals surface area contributed by atoms with E-state index in [2.05, 4.69) is 20.5 Å². The number of carbonyl (C=O) groups is 1. The highest BCUT2D eigenvalue weighted by Gasteiger charge is 2.23. The van der Waals surface area contributed by atoms with Crippen LogP contribution in [0.1, 0.15) is 25.7 Å². The number of nitrogens with zero attached hydrogens (tertiary/aromatic N) is 6. The number of tetrazole rings is 1. The Balaban J connectivity index is 1.37. The van der Waals surface area contributed by atoms with Crippen LogP contribution in [-0.4, -0.2) is 55.2 Å². The van der Waals surface area contributed by atoms with Crippen molar-refractivity contribution in [1.82, 2.24) is 30.1 Å². The van der Waals surface area contributed by atoms with Crippen molar-refractivity contribution < 1.29 is 9.53 Å². The third-order valence-corrected chi connectivity index (χ3v) is 3.92. The maximum Gasteiger partial charge on any atom is 0.222 e. The third-order valence-electron chi connectivity index (χ3n) is 3.92. The molecule has 1 saturated heterocycles. The van der Waals surface area contributed by atoms with Crippen molar-refractivity contribution in [3.63, 3.8) is 0 Å². The highest BCUT2D eigenvalue weighted by Crippen LogP contribution is 2.18. The molecular formula is C15H20N6O2. The summed E-state index contributed by atoms with van der Waals surface area (Å²) in [5, 5.41) is 10.9. The molecule has 3 heterocycles. The Hall–Kier alpha value is -2.51. The van der Waals surface area contributed by atoms with Crippen LogP contribution in [0.4, 0.5) is 0 Å². The van der Waals surface area contributed by atoms with Crippen LogP contribution in [0, 0.1) is 0 Å². The van der Waals surface area contributed by atoms with Crippen LogP contribution in [0.3, 0.4) is 0 Å². The molecule has 1 aliphatic rings. The van der Waals surface area contributed by atoms with Gasteiger partial charge in [-0.25, -0.2) is 4.68 Å². The lowest BCUT2D eigenvalue weighted by atomic mass is 10.1. The highest BCUT2D eigenvalue weighted by atomic mass is 16.5. The molecule has 0 aliphatic carbocycles. The van der Waals surface area contributed by atoms with E-state index in [1.54, 1.807) is 23.4 Å². The van der Waals surface area contributed by atoms with Crippen LogP contribution in [0.25, 0.3) is 0 Å². The van der Waals surface area contributed by atoms with E-state index < -0.39 is 0 Å². The van der Waals surface area contributed by atoms with Gasteiger partial charge in [0.1, 0.15) is 18.2 Å². The maximum atomic E-state index is 12.2. The van der Waals surface area contributed by atoms with E-state index in [4.69, 9.17) is 4.74 Å². The van der Waals surface area contributed by atoms with Crippen LogP contribution in [0.15, 0.2) is 30.9 Å². The van der Waals surface area contributed by atoms with Gasteiger partial charge >= 0.3 is 0 Å². The Labute approximate surface area is 134 Å². The van der Waals surface area contributed by atoms with Crippen LogP contribution in [0.2, 0.25) is 0 Å². The first-order valence-electron chi connectivity index (χ1n) is 7.86. The SMILES string of the molecule is O=C(CCCn1cnnn1)N1CCC(Oc2ccncc2)CC1. The van der Waals surface area contributed by atoms with Crippen molar-refractivity contribution in [2.24, 2.45) is 0 Å². The van der Waals surface area contributed by atoms with E-state index in [0.29, 0.717) is 13.0 Å². The zero-order chi connectivity index (χ0) is 15.9. The normalized spacial score (nSPS) is 15.6. The molecule has 0 unspecified atom stereocenters. The van der Waals surface area contributed by atoms with Gasteiger partial charge in [-0.1, -0.05) is 0 Å². The number of hydrogen-bond acceptors (Lipinski definition) is 6. The van der Waals surface area contributed by atoms with Crippen LogP contribution in [-0.2, 0) is 11.3 Å². The van der Waals surface area contributed by atoms with Crippen molar-refractivity contribution >= 4 is 5.91 Å². The Kier molecular flexibility index (Phi) is 5.13. The third kappa shape index (κ3) is 4.48. The Morgan fingerprint density at radius 3 is 2.74 bits per heavy atom. The predicted molar refractivity (Wildman–Crippen MR) is 81.5 cm³/mol. The summed E-state index contributed by atoms with van der Waals surface area (Å²) < 4.78 is 7.55. The fraction of sp³-hybridized carbons (Fsp3) is 0.533.